The molecule has 5 rings (SSSR count). The Morgan fingerprint density at radius 3 is 2.76 bits per heavy atom. The summed E-state index contributed by atoms with van der Waals surface area (Å²) in [6.07, 6.45) is 9.99. The van der Waals surface area contributed by atoms with E-state index in [1.807, 2.05) is 0 Å². The minimum atomic E-state index is -1.17. The lowest BCUT2D eigenvalue weighted by Gasteiger charge is -2.28. The summed E-state index contributed by atoms with van der Waals surface area (Å²) in [6, 6.07) is 1.74. The number of hydrogen-bond donors (Lipinski definition) is 3. The number of fused-ring (bicyclic) bond motifs is 1. The predicted octanol–water partition coefficient (Wildman–Crippen LogP) is 3.03. The average molecular weight is 567 g/mol. The second-order valence-electron chi connectivity index (χ2n) is 10.9. The van der Waals surface area contributed by atoms with Crippen molar-refractivity contribution in [3.05, 3.63) is 54.3 Å². The number of methoxy groups -OCH3 is 1. The number of ether oxygens (including phenoxy) is 2. The highest BCUT2D eigenvalue weighted by Gasteiger charge is 2.30. The Balaban J connectivity index is 1.49. The number of aliphatic hydroxyl groups excluding tert-OH is 1. The van der Waals surface area contributed by atoms with Crippen molar-refractivity contribution in [1.29, 1.82) is 0 Å². The molecular weight excluding hydrogens is 532 g/mol. The van der Waals surface area contributed by atoms with Crippen molar-refractivity contribution >= 4 is 35.3 Å². The van der Waals surface area contributed by atoms with Gasteiger partial charge in [-0.1, -0.05) is 0 Å². The van der Waals surface area contributed by atoms with Crippen LogP contribution in [0.25, 0.3) is 5.65 Å². The molecule has 1 unspecified atom stereocenters. The number of carbonyl (C=O) groups excluding carboxylic acids is 2. The number of nitrogens with zero attached hydrogens (tertiary/aromatic N) is 6. The highest BCUT2D eigenvalue weighted by Crippen LogP contribution is 2.28. The van der Waals surface area contributed by atoms with Crippen LogP contribution in [0, 0.1) is 0 Å². The SMILES string of the molecule is CO[C@@H]1CC[C@@H](NC(=O)c2cnn3c(N(C)C(=O)OC(C)(C)C)cc(NC4=CC=CN(c5ncco5)C4O)nc23)C1. The van der Waals surface area contributed by atoms with Gasteiger partial charge in [-0.3, -0.25) is 14.6 Å². The molecule has 41 heavy (non-hydrogen) atoms. The molecule has 3 aromatic heterocycles. The fraction of sp³-hybridized carbons (Fsp3) is 0.444. The predicted molar refractivity (Wildman–Crippen MR) is 149 cm³/mol. The highest BCUT2D eigenvalue weighted by molar-refractivity contribution is 6.00. The van der Waals surface area contributed by atoms with Crippen molar-refractivity contribution in [2.75, 3.05) is 29.3 Å². The van der Waals surface area contributed by atoms with Gasteiger partial charge in [-0.2, -0.15) is 9.61 Å². The lowest BCUT2D eigenvalue weighted by atomic mass is 10.2. The number of hydrogen-bond acceptors (Lipinski definition) is 11. The van der Waals surface area contributed by atoms with Gasteiger partial charge < -0.3 is 29.6 Å². The van der Waals surface area contributed by atoms with Crippen LogP contribution in [-0.4, -0.2) is 74.8 Å². The molecule has 4 heterocycles. The van der Waals surface area contributed by atoms with Gasteiger partial charge >= 0.3 is 12.1 Å². The number of oxazole rings is 1. The lowest BCUT2D eigenvalue weighted by molar-refractivity contribution is 0.0587. The molecule has 14 nitrogen and oxygen atoms in total. The Hall–Kier alpha value is -4.43. The summed E-state index contributed by atoms with van der Waals surface area (Å²) in [5.74, 6) is 0.204. The van der Waals surface area contributed by atoms with Crippen LogP contribution in [0.3, 0.4) is 0 Å². The van der Waals surface area contributed by atoms with Gasteiger partial charge in [0.05, 0.1) is 24.2 Å². The van der Waals surface area contributed by atoms with Crippen LogP contribution in [-0.2, 0) is 9.47 Å². The highest BCUT2D eigenvalue weighted by atomic mass is 16.6. The van der Waals surface area contributed by atoms with Crippen molar-refractivity contribution in [2.24, 2.45) is 0 Å². The minimum Gasteiger partial charge on any atom is -0.443 e. The van der Waals surface area contributed by atoms with E-state index < -0.39 is 17.9 Å². The van der Waals surface area contributed by atoms with Crippen molar-refractivity contribution in [3.8, 4) is 0 Å². The standard InChI is InChI=1S/C27H34N8O6/c1-27(2,3)41-26(38)33(4)21-14-20(31-19-7-6-11-34(24(19)37)25-28-10-12-40-25)32-22-18(15-29-35(21)22)23(36)30-16-8-9-17(13-16)39-5/h6-7,10-12,14-17,24,37H,8-9,13H2,1-5H3,(H,30,36)(H,31,32)/t16-,17-,24?/m1/s1. The molecule has 1 aliphatic carbocycles. The largest absolute Gasteiger partial charge is 0.443 e. The molecule has 1 aliphatic heterocycles. The van der Waals surface area contributed by atoms with E-state index in [4.69, 9.17) is 13.9 Å². The summed E-state index contributed by atoms with van der Waals surface area (Å²) in [7, 11) is 3.21. The first-order valence-electron chi connectivity index (χ1n) is 13.2. The number of amides is 2. The van der Waals surface area contributed by atoms with E-state index in [9.17, 15) is 14.7 Å². The van der Waals surface area contributed by atoms with E-state index in [1.165, 1.54) is 33.0 Å². The Kier molecular flexibility index (Phi) is 7.69. The van der Waals surface area contributed by atoms with Crippen LogP contribution < -0.4 is 20.4 Å². The number of anilines is 3. The van der Waals surface area contributed by atoms with E-state index in [2.05, 4.69) is 25.7 Å². The van der Waals surface area contributed by atoms with Gasteiger partial charge in [-0.05, 0) is 52.2 Å². The Morgan fingerprint density at radius 2 is 2.07 bits per heavy atom. The van der Waals surface area contributed by atoms with Crippen LogP contribution in [0.15, 0.2) is 53.2 Å². The van der Waals surface area contributed by atoms with Gasteiger partial charge in [0.25, 0.3) is 5.91 Å². The molecule has 0 spiro atoms. The third-order valence-corrected chi connectivity index (χ3v) is 6.74. The fourth-order valence-electron chi connectivity index (χ4n) is 4.71. The van der Waals surface area contributed by atoms with Crippen LogP contribution in [0.5, 0.6) is 0 Å². The topological polar surface area (TPSA) is 160 Å². The third kappa shape index (κ3) is 6.02. The number of aliphatic hydroxyl groups is 1. The zero-order chi connectivity index (χ0) is 29.3. The van der Waals surface area contributed by atoms with E-state index in [0.717, 1.165) is 19.3 Å². The molecule has 3 atom stereocenters. The first kappa shape index (κ1) is 28.1. The van der Waals surface area contributed by atoms with Crippen LogP contribution in [0.4, 0.5) is 22.4 Å². The number of aromatic nitrogens is 4. The normalized spacial score (nSPS) is 20.7. The van der Waals surface area contributed by atoms with E-state index in [1.54, 1.807) is 59.3 Å². The van der Waals surface area contributed by atoms with Gasteiger partial charge in [-0.15, -0.1) is 0 Å². The monoisotopic (exact) mass is 566 g/mol. The molecule has 3 aromatic rings. The van der Waals surface area contributed by atoms with E-state index >= 15 is 0 Å². The van der Waals surface area contributed by atoms with Crippen molar-refractivity contribution < 1.29 is 28.6 Å². The Labute approximate surface area is 236 Å². The number of rotatable bonds is 7. The first-order chi connectivity index (χ1) is 19.5. The van der Waals surface area contributed by atoms with Gasteiger partial charge in [0.1, 0.15) is 29.1 Å². The summed E-state index contributed by atoms with van der Waals surface area (Å²) in [5, 5.41) is 21.6. The van der Waals surface area contributed by atoms with Gasteiger partial charge in [0.15, 0.2) is 11.9 Å². The fourth-order valence-corrected chi connectivity index (χ4v) is 4.71. The van der Waals surface area contributed by atoms with Crippen LogP contribution in [0.1, 0.15) is 50.4 Å². The summed E-state index contributed by atoms with van der Waals surface area (Å²) < 4.78 is 17.7. The maximum absolute atomic E-state index is 13.3. The lowest BCUT2D eigenvalue weighted by Crippen LogP contribution is -2.37. The van der Waals surface area contributed by atoms with Crippen molar-refractivity contribution in [1.82, 2.24) is 24.9 Å². The molecule has 14 heteroatoms. The zero-order valence-corrected chi connectivity index (χ0v) is 23.6. The number of nitrogens with one attached hydrogen (secondary N) is 2. The molecule has 1 fully saturated rings. The molecular formula is C27H34N8O6. The quantitative estimate of drug-likeness (QED) is 0.386. The Bertz CT molecular complexity index is 1470. The molecule has 1 saturated carbocycles. The summed E-state index contributed by atoms with van der Waals surface area (Å²) in [5.41, 5.74) is 0.0652. The minimum absolute atomic E-state index is 0.0388. The molecule has 0 saturated heterocycles. The second kappa shape index (κ2) is 11.2. The smallest absolute Gasteiger partial charge is 0.415 e. The first-order valence-corrected chi connectivity index (χ1v) is 13.2. The zero-order valence-electron chi connectivity index (χ0n) is 23.6. The second-order valence-corrected chi connectivity index (χ2v) is 10.9. The van der Waals surface area contributed by atoms with Crippen LogP contribution in [0.2, 0.25) is 0 Å². The van der Waals surface area contributed by atoms with E-state index in [0.29, 0.717) is 5.70 Å². The number of allylic oxidation sites excluding steroid dienone is 2. The molecule has 2 aliphatic rings. The van der Waals surface area contributed by atoms with Crippen LogP contribution >= 0.6 is 0 Å². The maximum Gasteiger partial charge on any atom is 0.415 e. The Morgan fingerprint density at radius 1 is 1.27 bits per heavy atom. The van der Waals surface area contributed by atoms with Crippen molar-refractivity contribution in [2.45, 2.75) is 64.0 Å². The van der Waals surface area contributed by atoms with Crippen molar-refractivity contribution in [3.63, 3.8) is 0 Å². The number of carbonyl (C=O) groups is 2. The maximum atomic E-state index is 13.3. The molecule has 0 radical (unpaired) electrons. The molecule has 0 aromatic carbocycles. The summed E-state index contributed by atoms with van der Waals surface area (Å²) in [4.78, 5) is 37.8. The van der Waals surface area contributed by atoms with Gasteiger partial charge in [0.2, 0.25) is 0 Å². The third-order valence-electron chi connectivity index (χ3n) is 6.74. The molecule has 2 amide bonds. The van der Waals surface area contributed by atoms with Gasteiger partial charge in [-0.25, -0.2) is 14.8 Å². The molecule has 3 N–H and O–H groups in total. The summed E-state index contributed by atoms with van der Waals surface area (Å²) >= 11 is 0. The van der Waals surface area contributed by atoms with E-state index in [-0.39, 0.29) is 46.9 Å². The summed E-state index contributed by atoms with van der Waals surface area (Å²) in [6.45, 7) is 5.31. The molecule has 0 bridgehead atoms. The average Bonchev–Trinajstić information content (AvgIpc) is 3.69. The van der Waals surface area contributed by atoms with Gasteiger partial charge in [0, 0.05) is 32.5 Å². The molecule has 218 valence electrons.